The van der Waals surface area contributed by atoms with Crippen molar-refractivity contribution in [2.45, 2.75) is 31.6 Å². The first-order chi connectivity index (χ1) is 10.7. The van der Waals surface area contributed by atoms with Crippen LogP contribution in [-0.2, 0) is 6.54 Å². The van der Waals surface area contributed by atoms with E-state index in [1.807, 2.05) is 35.2 Å². The molecule has 3 aromatic rings. The van der Waals surface area contributed by atoms with Crippen LogP contribution in [0.5, 0.6) is 0 Å². The highest BCUT2D eigenvalue weighted by Gasteiger charge is 2.16. The van der Waals surface area contributed by atoms with Crippen molar-refractivity contribution in [3.8, 4) is 11.3 Å². The molecule has 0 unspecified atom stereocenters. The lowest BCUT2D eigenvalue weighted by Crippen LogP contribution is -2.22. The van der Waals surface area contributed by atoms with Crippen LogP contribution in [0.2, 0.25) is 0 Å². The SMILES string of the molecule is CSc1nccc(-c2c(CNC(C)C)nn3ccccc23)n1. The molecule has 3 heterocycles. The van der Waals surface area contributed by atoms with Crippen molar-refractivity contribution >= 4 is 17.3 Å². The topological polar surface area (TPSA) is 55.1 Å². The van der Waals surface area contributed by atoms with Crippen LogP contribution in [0.1, 0.15) is 19.5 Å². The summed E-state index contributed by atoms with van der Waals surface area (Å²) in [5, 5.41) is 8.91. The molecule has 114 valence electrons. The van der Waals surface area contributed by atoms with E-state index in [0.717, 1.165) is 27.6 Å². The Balaban J connectivity index is 2.14. The molecule has 0 fully saturated rings. The number of hydrogen-bond acceptors (Lipinski definition) is 5. The molecule has 0 atom stereocenters. The third-order valence-electron chi connectivity index (χ3n) is 3.36. The number of nitrogens with zero attached hydrogens (tertiary/aromatic N) is 4. The molecule has 0 aromatic carbocycles. The van der Waals surface area contributed by atoms with Gasteiger partial charge in [-0.15, -0.1) is 0 Å². The number of pyridine rings is 1. The summed E-state index contributed by atoms with van der Waals surface area (Å²) in [6.45, 7) is 4.98. The molecule has 0 radical (unpaired) electrons. The van der Waals surface area contributed by atoms with E-state index in [2.05, 4.69) is 35.2 Å². The predicted octanol–water partition coefficient (Wildman–Crippen LogP) is 3.01. The quantitative estimate of drug-likeness (QED) is 0.579. The molecule has 0 aliphatic rings. The average molecular weight is 313 g/mol. The molecule has 5 nitrogen and oxygen atoms in total. The first-order valence-electron chi connectivity index (χ1n) is 7.26. The van der Waals surface area contributed by atoms with Crippen molar-refractivity contribution in [1.82, 2.24) is 24.9 Å². The summed E-state index contributed by atoms with van der Waals surface area (Å²) in [4.78, 5) is 8.90. The lowest BCUT2D eigenvalue weighted by Gasteiger charge is -2.08. The van der Waals surface area contributed by atoms with Gasteiger partial charge >= 0.3 is 0 Å². The van der Waals surface area contributed by atoms with Crippen molar-refractivity contribution in [3.05, 3.63) is 42.4 Å². The predicted molar refractivity (Wildman–Crippen MR) is 90.0 cm³/mol. The van der Waals surface area contributed by atoms with Gasteiger partial charge in [-0.3, -0.25) is 0 Å². The van der Waals surface area contributed by atoms with E-state index in [-0.39, 0.29) is 0 Å². The second kappa shape index (κ2) is 6.46. The number of nitrogens with one attached hydrogen (secondary N) is 1. The molecule has 0 aliphatic carbocycles. The summed E-state index contributed by atoms with van der Waals surface area (Å²) in [5.41, 5.74) is 4.06. The molecule has 1 N–H and O–H groups in total. The van der Waals surface area contributed by atoms with Crippen LogP contribution in [0.15, 0.2) is 41.8 Å². The summed E-state index contributed by atoms with van der Waals surface area (Å²) in [6.07, 6.45) is 5.76. The maximum atomic E-state index is 4.70. The highest BCUT2D eigenvalue weighted by molar-refractivity contribution is 7.98. The first kappa shape index (κ1) is 15.0. The van der Waals surface area contributed by atoms with Gasteiger partial charge in [0.2, 0.25) is 0 Å². The van der Waals surface area contributed by atoms with Crippen molar-refractivity contribution in [1.29, 1.82) is 0 Å². The Kier molecular flexibility index (Phi) is 4.40. The fourth-order valence-corrected chi connectivity index (χ4v) is 2.69. The van der Waals surface area contributed by atoms with Gasteiger partial charge in [0.25, 0.3) is 0 Å². The molecular formula is C16H19N5S. The number of aromatic nitrogens is 4. The maximum absolute atomic E-state index is 4.70. The third-order valence-corrected chi connectivity index (χ3v) is 3.92. The van der Waals surface area contributed by atoms with E-state index in [0.29, 0.717) is 12.6 Å². The van der Waals surface area contributed by atoms with Gasteiger partial charge in [0.15, 0.2) is 5.16 Å². The van der Waals surface area contributed by atoms with Crippen molar-refractivity contribution in [2.75, 3.05) is 6.26 Å². The minimum atomic E-state index is 0.407. The summed E-state index contributed by atoms with van der Waals surface area (Å²) in [7, 11) is 0. The molecule has 0 saturated carbocycles. The van der Waals surface area contributed by atoms with Crippen molar-refractivity contribution in [2.24, 2.45) is 0 Å². The molecule has 0 amide bonds. The third kappa shape index (κ3) is 2.98. The smallest absolute Gasteiger partial charge is 0.187 e. The second-order valence-electron chi connectivity index (χ2n) is 5.32. The van der Waals surface area contributed by atoms with Crippen LogP contribution in [0.25, 0.3) is 16.8 Å². The molecule has 0 spiro atoms. The van der Waals surface area contributed by atoms with Gasteiger partial charge in [0, 0.05) is 25.0 Å². The average Bonchev–Trinajstić information content (AvgIpc) is 2.91. The number of rotatable bonds is 5. The second-order valence-corrected chi connectivity index (χ2v) is 6.09. The highest BCUT2D eigenvalue weighted by atomic mass is 32.2. The van der Waals surface area contributed by atoms with E-state index in [1.54, 1.807) is 18.0 Å². The van der Waals surface area contributed by atoms with Gasteiger partial charge in [0.1, 0.15) is 0 Å². The zero-order valence-electron chi connectivity index (χ0n) is 12.9. The van der Waals surface area contributed by atoms with Gasteiger partial charge in [-0.25, -0.2) is 14.5 Å². The van der Waals surface area contributed by atoms with Crippen LogP contribution in [0.4, 0.5) is 0 Å². The fourth-order valence-electron chi connectivity index (χ4n) is 2.33. The Morgan fingerprint density at radius 2 is 2.14 bits per heavy atom. The largest absolute Gasteiger partial charge is 0.309 e. The van der Waals surface area contributed by atoms with Gasteiger partial charge in [-0.2, -0.15) is 5.10 Å². The Labute approximate surface area is 134 Å². The fraction of sp³-hybridized carbons (Fsp3) is 0.312. The Hall–Kier alpha value is -1.92. The monoisotopic (exact) mass is 313 g/mol. The summed E-state index contributed by atoms with van der Waals surface area (Å²) >= 11 is 1.54. The van der Waals surface area contributed by atoms with Gasteiger partial charge in [0.05, 0.1) is 22.5 Å². The van der Waals surface area contributed by atoms with Crippen LogP contribution in [-0.4, -0.2) is 31.9 Å². The highest BCUT2D eigenvalue weighted by Crippen LogP contribution is 2.27. The van der Waals surface area contributed by atoms with E-state index in [4.69, 9.17) is 5.10 Å². The first-order valence-corrected chi connectivity index (χ1v) is 8.48. The molecule has 0 saturated heterocycles. The summed E-state index contributed by atoms with van der Waals surface area (Å²) in [6, 6.07) is 8.43. The molecule has 0 bridgehead atoms. The number of fused-ring (bicyclic) bond motifs is 1. The maximum Gasteiger partial charge on any atom is 0.187 e. The van der Waals surface area contributed by atoms with Crippen molar-refractivity contribution in [3.63, 3.8) is 0 Å². The lowest BCUT2D eigenvalue weighted by atomic mass is 10.1. The molecular weight excluding hydrogens is 294 g/mol. The van der Waals surface area contributed by atoms with Crippen LogP contribution in [0.3, 0.4) is 0 Å². The van der Waals surface area contributed by atoms with Gasteiger partial charge in [-0.05, 0) is 24.5 Å². The zero-order valence-corrected chi connectivity index (χ0v) is 13.8. The molecule has 22 heavy (non-hydrogen) atoms. The van der Waals surface area contributed by atoms with Crippen LogP contribution >= 0.6 is 11.8 Å². The van der Waals surface area contributed by atoms with Crippen LogP contribution < -0.4 is 5.32 Å². The summed E-state index contributed by atoms with van der Waals surface area (Å²) < 4.78 is 1.91. The van der Waals surface area contributed by atoms with Crippen LogP contribution in [0, 0.1) is 0 Å². The van der Waals surface area contributed by atoms with E-state index in [1.165, 1.54) is 0 Å². The van der Waals surface area contributed by atoms with E-state index in [9.17, 15) is 0 Å². The number of thioether (sulfide) groups is 1. The standard InChI is InChI=1S/C16H19N5S/c1-11(2)18-10-13-15(12-7-8-17-16(19-12)22-3)14-6-4-5-9-21(14)20-13/h4-9,11,18H,10H2,1-3H3. The normalized spacial score (nSPS) is 11.5. The summed E-state index contributed by atoms with van der Waals surface area (Å²) in [5.74, 6) is 0. The Morgan fingerprint density at radius 3 is 2.91 bits per heavy atom. The molecule has 0 aliphatic heterocycles. The zero-order chi connectivity index (χ0) is 15.5. The molecule has 6 heteroatoms. The van der Waals surface area contributed by atoms with E-state index < -0.39 is 0 Å². The van der Waals surface area contributed by atoms with Gasteiger partial charge < -0.3 is 5.32 Å². The lowest BCUT2D eigenvalue weighted by molar-refractivity contribution is 0.579. The van der Waals surface area contributed by atoms with Gasteiger partial charge in [-0.1, -0.05) is 31.7 Å². The Bertz CT molecular complexity index is 781. The number of hydrogen-bond donors (Lipinski definition) is 1. The van der Waals surface area contributed by atoms with E-state index >= 15 is 0 Å². The minimum Gasteiger partial charge on any atom is -0.309 e. The molecule has 3 rings (SSSR count). The minimum absolute atomic E-state index is 0.407. The Morgan fingerprint density at radius 1 is 1.27 bits per heavy atom. The van der Waals surface area contributed by atoms with Crippen molar-refractivity contribution < 1.29 is 0 Å². The molecule has 3 aromatic heterocycles.